The molecular formula is C10H14IN3. The zero-order valence-electron chi connectivity index (χ0n) is 8.28. The minimum Gasteiger partial charge on any atom is -0.296 e. The topological polar surface area (TPSA) is 21.1 Å². The molecular weight excluding hydrogens is 289 g/mol. The predicted octanol–water partition coefficient (Wildman–Crippen LogP) is 1.82. The zero-order valence-corrected chi connectivity index (χ0v) is 10.4. The summed E-state index contributed by atoms with van der Waals surface area (Å²) >= 11 is 2.39. The normalized spacial score (nSPS) is 23.9. The molecule has 0 aromatic carbocycles. The lowest BCUT2D eigenvalue weighted by molar-refractivity contribution is 0.0885. The smallest absolute Gasteiger partial charge is 0.102 e. The van der Waals surface area contributed by atoms with Crippen molar-refractivity contribution in [3.63, 3.8) is 0 Å². The maximum absolute atomic E-state index is 4.43. The second kappa shape index (κ2) is 3.20. The van der Waals surface area contributed by atoms with Gasteiger partial charge in [0.25, 0.3) is 0 Å². The van der Waals surface area contributed by atoms with Crippen molar-refractivity contribution in [2.45, 2.75) is 31.8 Å². The van der Waals surface area contributed by atoms with Crippen LogP contribution in [0.4, 0.5) is 0 Å². The lowest BCUT2D eigenvalue weighted by atomic mass is 10.1. The van der Waals surface area contributed by atoms with Crippen LogP contribution in [-0.2, 0) is 0 Å². The van der Waals surface area contributed by atoms with Gasteiger partial charge in [0.05, 0.1) is 12.2 Å². The molecule has 4 heteroatoms. The average molecular weight is 303 g/mol. The second-order valence-electron chi connectivity index (χ2n) is 4.40. The van der Waals surface area contributed by atoms with Crippen molar-refractivity contribution in [2.75, 3.05) is 13.1 Å². The lowest BCUT2D eigenvalue weighted by Crippen LogP contribution is -2.49. The first-order chi connectivity index (χ1) is 6.75. The lowest BCUT2D eigenvalue weighted by Gasteiger charge is -2.39. The van der Waals surface area contributed by atoms with E-state index < -0.39 is 0 Å². The highest BCUT2D eigenvalue weighted by molar-refractivity contribution is 14.1. The molecule has 0 atom stereocenters. The molecule has 1 aromatic heterocycles. The van der Waals surface area contributed by atoms with E-state index in [0.717, 1.165) is 6.04 Å². The highest BCUT2D eigenvalue weighted by atomic mass is 127. The number of likely N-dealkylation sites (tertiary alicyclic amines) is 1. The van der Waals surface area contributed by atoms with E-state index in [0.29, 0.717) is 6.04 Å². The van der Waals surface area contributed by atoms with Crippen molar-refractivity contribution in [1.82, 2.24) is 14.7 Å². The Morgan fingerprint density at radius 3 is 2.57 bits per heavy atom. The Balaban J connectivity index is 1.70. The summed E-state index contributed by atoms with van der Waals surface area (Å²) in [7, 11) is 0. The van der Waals surface area contributed by atoms with E-state index in [1.165, 1.54) is 35.2 Å². The number of aromatic nitrogens is 2. The quantitative estimate of drug-likeness (QED) is 0.777. The van der Waals surface area contributed by atoms with Crippen molar-refractivity contribution >= 4 is 22.6 Å². The zero-order chi connectivity index (χ0) is 9.71. The maximum atomic E-state index is 4.43. The second-order valence-corrected chi connectivity index (χ2v) is 5.42. The van der Waals surface area contributed by atoms with Gasteiger partial charge in [0, 0.05) is 24.7 Å². The largest absolute Gasteiger partial charge is 0.296 e. The molecule has 3 nitrogen and oxygen atoms in total. The molecule has 0 N–H and O–H groups in total. The number of halogens is 1. The summed E-state index contributed by atoms with van der Waals surface area (Å²) in [5.41, 5.74) is 1.30. The van der Waals surface area contributed by atoms with Gasteiger partial charge >= 0.3 is 0 Å². The molecule has 0 unspecified atom stereocenters. The Bertz CT molecular complexity index is 350. The Labute approximate surface area is 97.6 Å². The van der Waals surface area contributed by atoms with Gasteiger partial charge in [-0.15, -0.1) is 0 Å². The average Bonchev–Trinajstić information content (AvgIpc) is 2.85. The number of hydrogen-bond acceptors (Lipinski definition) is 2. The summed E-state index contributed by atoms with van der Waals surface area (Å²) in [6, 6.07) is 1.55. The van der Waals surface area contributed by atoms with Crippen LogP contribution in [0.2, 0.25) is 0 Å². The van der Waals surface area contributed by atoms with Gasteiger partial charge in [0.15, 0.2) is 0 Å². The Morgan fingerprint density at radius 2 is 2.07 bits per heavy atom. The fraction of sp³-hybridized carbons (Fsp3) is 0.700. The Kier molecular flexibility index (Phi) is 2.09. The number of nitrogens with zero attached hydrogens (tertiary/aromatic N) is 3. The Morgan fingerprint density at radius 1 is 1.36 bits per heavy atom. The van der Waals surface area contributed by atoms with Crippen LogP contribution in [0, 0.1) is 10.6 Å². The monoisotopic (exact) mass is 303 g/mol. The highest BCUT2D eigenvalue weighted by Gasteiger charge is 2.39. The fourth-order valence-electron chi connectivity index (χ4n) is 2.07. The van der Waals surface area contributed by atoms with Crippen LogP contribution in [0.3, 0.4) is 0 Å². The van der Waals surface area contributed by atoms with E-state index in [1.54, 1.807) is 0 Å². The van der Waals surface area contributed by atoms with Crippen LogP contribution >= 0.6 is 22.6 Å². The maximum Gasteiger partial charge on any atom is 0.102 e. The third-order valence-electron chi connectivity index (χ3n) is 3.20. The van der Waals surface area contributed by atoms with Crippen LogP contribution < -0.4 is 0 Å². The van der Waals surface area contributed by atoms with Gasteiger partial charge in [-0.3, -0.25) is 9.58 Å². The summed E-state index contributed by atoms with van der Waals surface area (Å²) in [5.74, 6) is 0. The highest BCUT2D eigenvalue weighted by Crippen LogP contribution is 2.35. The van der Waals surface area contributed by atoms with Crippen molar-refractivity contribution in [3.8, 4) is 0 Å². The minimum atomic E-state index is 0.635. The van der Waals surface area contributed by atoms with E-state index in [-0.39, 0.29) is 0 Å². The molecule has 14 heavy (non-hydrogen) atoms. The molecule has 0 radical (unpaired) electrons. The molecule has 0 amide bonds. The predicted molar refractivity (Wildman–Crippen MR) is 63.3 cm³/mol. The molecule has 0 bridgehead atoms. The van der Waals surface area contributed by atoms with Gasteiger partial charge < -0.3 is 0 Å². The molecule has 76 valence electrons. The van der Waals surface area contributed by atoms with Crippen LogP contribution in [0.25, 0.3) is 0 Å². The van der Waals surface area contributed by atoms with Crippen LogP contribution in [0.1, 0.15) is 24.4 Å². The number of rotatable bonds is 2. The first-order valence-corrected chi connectivity index (χ1v) is 6.27. The van der Waals surface area contributed by atoms with Crippen LogP contribution in [-0.4, -0.2) is 33.8 Å². The van der Waals surface area contributed by atoms with Crippen molar-refractivity contribution in [1.29, 1.82) is 0 Å². The third kappa shape index (κ3) is 1.39. The van der Waals surface area contributed by atoms with E-state index in [1.807, 2.05) is 6.20 Å². The van der Waals surface area contributed by atoms with Gasteiger partial charge in [0.1, 0.15) is 3.70 Å². The Hall–Kier alpha value is -0.100. The van der Waals surface area contributed by atoms with Crippen molar-refractivity contribution in [3.05, 3.63) is 15.5 Å². The third-order valence-corrected chi connectivity index (χ3v) is 4.55. The molecule has 1 aliphatic heterocycles. The van der Waals surface area contributed by atoms with E-state index >= 15 is 0 Å². The van der Waals surface area contributed by atoms with Gasteiger partial charge in [-0.1, -0.05) is 0 Å². The SMILES string of the molecule is Cc1cnn(C2CN(C3CC3)C2)c1I. The molecule has 1 saturated heterocycles. The minimum absolute atomic E-state index is 0.635. The van der Waals surface area contributed by atoms with Gasteiger partial charge in [-0.2, -0.15) is 5.10 Å². The fourth-order valence-corrected chi connectivity index (χ4v) is 2.73. The first-order valence-electron chi connectivity index (χ1n) is 5.19. The molecule has 1 aliphatic carbocycles. The van der Waals surface area contributed by atoms with Crippen LogP contribution in [0.15, 0.2) is 6.20 Å². The number of aryl methyl sites for hydroxylation is 1. The van der Waals surface area contributed by atoms with Gasteiger partial charge in [0.2, 0.25) is 0 Å². The molecule has 2 fully saturated rings. The van der Waals surface area contributed by atoms with Crippen molar-refractivity contribution < 1.29 is 0 Å². The summed E-state index contributed by atoms with van der Waals surface area (Å²) in [5, 5.41) is 4.43. The molecule has 0 spiro atoms. The molecule has 1 aromatic rings. The molecule has 2 aliphatic rings. The van der Waals surface area contributed by atoms with Gasteiger partial charge in [-0.05, 0) is 42.4 Å². The molecule has 2 heterocycles. The molecule has 1 saturated carbocycles. The van der Waals surface area contributed by atoms with Gasteiger partial charge in [-0.25, -0.2) is 0 Å². The summed E-state index contributed by atoms with van der Waals surface area (Å²) in [6.45, 7) is 4.55. The van der Waals surface area contributed by atoms with E-state index in [4.69, 9.17) is 0 Å². The first kappa shape index (κ1) is 9.15. The van der Waals surface area contributed by atoms with Crippen LogP contribution in [0.5, 0.6) is 0 Å². The summed E-state index contributed by atoms with van der Waals surface area (Å²) in [6.07, 6.45) is 4.81. The standard InChI is InChI=1S/C10H14IN3/c1-7-4-12-14(10(7)11)9-5-13(6-9)8-2-3-8/h4,8-9H,2-3,5-6H2,1H3. The summed E-state index contributed by atoms with van der Waals surface area (Å²) in [4.78, 5) is 2.58. The van der Waals surface area contributed by atoms with E-state index in [9.17, 15) is 0 Å². The molecule has 3 rings (SSSR count). The van der Waals surface area contributed by atoms with Crippen molar-refractivity contribution in [2.24, 2.45) is 0 Å². The number of hydrogen-bond donors (Lipinski definition) is 0. The summed E-state index contributed by atoms with van der Waals surface area (Å²) < 4.78 is 3.50. The van der Waals surface area contributed by atoms with E-state index in [2.05, 4.69) is 44.2 Å².